The van der Waals surface area contributed by atoms with E-state index in [2.05, 4.69) is 10.6 Å². The molecule has 6 heteroatoms. The second-order valence-electron chi connectivity index (χ2n) is 4.43. The number of halogens is 1. The molecule has 0 radical (unpaired) electrons. The molecule has 4 nitrogen and oxygen atoms in total. The molecule has 102 valence electrons. The lowest BCUT2D eigenvalue weighted by Crippen LogP contribution is -2.47. The Labute approximate surface area is 118 Å². The first-order valence-electron chi connectivity index (χ1n) is 5.80. The Balaban J connectivity index is 0.00000162. The van der Waals surface area contributed by atoms with Gasteiger partial charge in [-0.05, 0) is 37.4 Å². The van der Waals surface area contributed by atoms with Crippen LogP contribution in [0.2, 0.25) is 0 Å². The van der Waals surface area contributed by atoms with Crippen molar-refractivity contribution in [1.29, 1.82) is 0 Å². The summed E-state index contributed by atoms with van der Waals surface area (Å²) in [6, 6.07) is 1.92. The maximum atomic E-state index is 12.4. The number of ether oxygens (including phenoxy) is 1. The normalized spacial score (nSPS) is 17.8. The fourth-order valence-electron chi connectivity index (χ4n) is 2.22. The van der Waals surface area contributed by atoms with Gasteiger partial charge >= 0.3 is 0 Å². The smallest absolute Gasteiger partial charge is 0.233 e. The van der Waals surface area contributed by atoms with E-state index >= 15 is 0 Å². The summed E-state index contributed by atoms with van der Waals surface area (Å²) >= 11 is 1.58. The lowest BCUT2D eigenvalue weighted by atomic mass is 9.78. The Bertz CT molecular complexity index is 359. The number of nitrogens with one attached hydrogen (secondary N) is 2. The molecular formula is C12H19ClN2O2S. The molecule has 1 amide bonds. The summed E-state index contributed by atoms with van der Waals surface area (Å²) in [7, 11) is 1.65. The zero-order chi connectivity index (χ0) is 12.1. The molecule has 1 aliphatic rings. The summed E-state index contributed by atoms with van der Waals surface area (Å²) in [6.07, 6.45) is 1.66. The van der Waals surface area contributed by atoms with E-state index in [0.29, 0.717) is 6.61 Å². The third-order valence-electron chi connectivity index (χ3n) is 3.24. The highest BCUT2D eigenvalue weighted by Crippen LogP contribution is 2.31. The number of hydrogen-bond acceptors (Lipinski definition) is 4. The first-order valence-corrected chi connectivity index (χ1v) is 6.74. The number of carbonyl (C=O) groups excluding carboxylic acids is 1. The highest BCUT2D eigenvalue weighted by molar-refractivity contribution is 7.08. The summed E-state index contributed by atoms with van der Waals surface area (Å²) in [6.45, 7) is 2.24. The molecule has 0 aromatic carbocycles. The van der Waals surface area contributed by atoms with Gasteiger partial charge in [0.25, 0.3) is 0 Å². The largest absolute Gasteiger partial charge is 0.384 e. The molecule has 0 atom stereocenters. The minimum Gasteiger partial charge on any atom is -0.384 e. The third-order valence-corrected chi connectivity index (χ3v) is 3.93. The maximum Gasteiger partial charge on any atom is 0.233 e. The summed E-state index contributed by atoms with van der Waals surface area (Å²) < 4.78 is 5.24. The molecule has 1 saturated heterocycles. The van der Waals surface area contributed by atoms with E-state index < -0.39 is 0 Å². The van der Waals surface area contributed by atoms with E-state index in [1.54, 1.807) is 18.4 Å². The molecule has 1 aromatic rings. The van der Waals surface area contributed by atoms with Crippen LogP contribution in [0.3, 0.4) is 0 Å². The average molecular weight is 291 g/mol. The number of thiophene rings is 1. The molecule has 0 saturated carbocycles. The van der Waals surface area contributed by atoms with Gasteiger partial charge in [0.2, 0.25) is 5.91 Å². The van der Waals surface area contributed by atoms with Gasteiger partial charge in [-0.3, -0.25) is 4.79 Å². The molecule has 18 heavy (non-hydrogen) atoms. The van der Waals surface area contributed by atoms with Crippen LogP contribution in [-0.2, 0) is 9.53 Å². The van der Waals surface area contributed by atoms with Gasteiger partial charge in [-0.15, -0.1) is 12.4 Å². The van der Waals surface area contributed by atoms with E-state index in [1.807, 2.05) is 16.8 Å². The maximum absolute atomic E-state index is 12.4. The summed E-state index contributed by atoms with van der Waals surface area (Å²) in [5, 5.41) is 10.2. The molecular weight excluding hydrogens is 272 g/mol. The number of anilines is 1. The molecule has 0 unspecified atom stereocenters. The van der Waals surface area contributed by atoms with Crippen LogP contribution < -0.4 is 10.6 Å². The fourth-order valence-corrected chi connectivity index (χ4v) is 2.81. The Kier molecular flexibility index (Phi) is 6.08. The van der Waals surface area contributed by atoms with Crippen LogP contribution in [0.5, 0.6) is 0 Å². The molecule has 2 N–H and O–H groups in total. The van der Waals surface area contributed by atoms with E-state index in [9.17, 15) is 4.79 Å². The van der Waals surface area contributed by atoms with E-state index in [-0.39, 0.29) is 23.7 Å². The molecule has 1 aliphatic heterocycles. The number of amides is 1. The van der Waals surface area contributed by atoms with E-state index in [4.69, 9.17) is 4.74 Å². The SMILES string of the molecule is COCC1(C(=O)Nc2ccsc2)CCNCC1.Cl. The molecule has 1 aromatic heterocycles. The second kappa shape index (κ2) is 7.09. The Morgan fingerprint density at radius 2 is 2.28 bits per heavy atom. The molecule has 0 spiro atoms. The van der Waals surface area contributed by atoms with Gasteiger partial charge in [0.1, 0.15) is 0 Å². The van der Waals surface area contributed by atoms with Crippen molar-refractivity contribution in [1.82, 2.24) is 5.32 Å². The summed E-state index contributed by atoms with van der Waals surface area (Å²) in [4.78, 5) is 12.4. The standard InChI is InChI=1S/C12H18N2O2S.ClH/c1-16-9-12(3-5-13-6-4-12)11(15)14-10-2-7-17-8-10;/h2,7-8,13H,3-6,9H2,1H3,(H,14,15);1H. The van der Waals surface area contributed by atoms with Crippen molar-refractivity contribution in [3.8, 4) is 0 Å². The van der Waals surface area contributed by atoms with Crippen LogP contribution in [0.15, 0.2) is 16.8 Å². The van der Waals surface area contributed by atoms with Crippen molar-refractivity contribution >= 4 is 35.3 Å². The monoisotopic (exact) mass is 290 g/mol. The van der Waals surface area contributed by atoms with Gasteiger partial charge in [-0.25, -0.2) is 0 Å². The van der Waals surface area contributed by atoms with Crippen LogP contribution in [0.4, 0.5) is 5.69 Å². The van der Waals surface area contributed by atoms with Gasteiger partial charge < -0.3 is 15.4 Å². The van der Waals surface area contributed by atoms with Crippen LogP contribution in [-0.4, -0.2) is 32.7 Å². The predicted molar refractivity (Wildman–Crippen MR) is 76.6 cm³/mol. The number of piperidine rings is 1. The summed E-state index contributed by atoms with van der Waals surface area (Å²) in [5.41, 5.74) is 0.510. The van der Waals surface area contributed by atoms with Crippen LogP contribution in [0.1, 0.15) is 12.8 Å². The molecule has 0 aliphatic carbocycles. The van der Waals surface area contributed by atoms with Crippen LogP contribution in [0.25, 0.3) is 0 Å². The van der Waals surface area contributed by atoms with Crippen molar-refractivity contribution in [3.63, 3.8) is 0 Å². The highest BCUT2D eigenvalue weighted by atomic mass is 35.5. The fraction of sp³-hybridized carbons (Fsp3) is 0.583. The van der Waals surface area contributed by atoms with Crippen molar-refractivity contribution in [2.45, 2.75) is 12.8 Å². The predicted octanol–water partition coefficient (Wildman–Crippen LogP) is 2.12. The highest BCUT2D eigenvalue weighted by Gasteiger charge is 2.39. The van der Waals surface area contributed by atoms with Gasteiger partial charge in [0, 0.05) is 12.5 Å². The lowest BCUT2D eigenvalue weighted by Gasteiger charge is -2.35. The number of rotatable bonds is 4. The Morgan fingerprint density at radius 1 is 1.56 bits per heavy atom. The zero-order valence-electron chi connectivity index (χ0n) is 10.4. The number of hydrogen-bond donors (Lipinski definition) is 2. The Hall–Kier alpha value is -0.620. The molecule has 1 fully saturated rings. The van der Waals surface area contributed by atoms with Gasteiger partial charge in [0.15, 0.2) is 0 Å². The number of methoxy groups -OCH3 is 1. The van der Waals surface area contributed by atoms with Crippen molar-refractivity contribution in [3.05, 3.63) is 16.8 Å². The molecule has 0 bridgehead atoms. The first kappa shape index (κ1) is 15.4. The second-order valence-corrected chi connectivity index (χ2v) is 5.21. The van der Waals surface area contributed by atoms with Gasteiger partial charge in [-0.2, -0.15) is 11.3 Å². The average Bonchev–Trinajstić information content (AvgIpc) is 2.83. The quantitative estimate of drug-likeness (QED) is 0.893. The molecule has 2 rings (SSSR count). The van der Waals surface area contributed by atoms with Crippen molar-refractivity contribution < 1.29 is 9.53 Å². The van der Waals surface area contributed by atoms with E-state index in [1.165, 1.54) is 0 Å². The topological polar surface area (TPSA) is 50.4 Å². The Morgan fingerprint density at radius 3 is 2.83 bits per heavy atom. The van der Waals surface area contributed by atoms with Gasteiger partial charge in [-0.1, -0.05) is 0 Å². The van der Waals surface area contributed by atoms with Crippen LogP contribution in [0, 0.1) is 5.41 Å². The van der Waals surface area contributed by atoms with Crippen molar-refractivity contribution in [2.75, 3.05) is 32.1 Å². The first-order chi connectivity index (χ1) is 8.27. The minimum atomic E-state index is -0.373. The van der Waals surface area contributed by atoms with Crippen molar-refractivity contribution in [2.24, 2.45) is 5.41 Å². The molecule has 2 heterocycles. The minimum absolute atomic E-state index is 0. The lowest BCUT2D eigenvalue weighted by molar-refractivity contribution is -0.130. The number of carbonyl (C=O) groups is 1. The zero-order valence-corrected chi connectivity index (χ0v) is 12.0. The third kappa shape index (κ3) is 3.45. The van der Waals surface area contributed by atoms with E-state index in [0.717, 1.165) is 31.6 Å². The van der Waals surface area contributed by atoms with Crippen LogP contribution >= 0.6 is 23.7 Å². The summed E-state index contributed by atoms with van der Waals surface area (Å²) in [5.74, 6) is 0.0826. The van der Waals surface area contributed by atoms with Gasteiger partial charge in [0.05, 0.1) is 17.7 Å².